The second-order valence-electron chi connectivity index (χ2n) is 5.96. The number of hydrogen-bond donors (Lipinski definition) is 1. The first kappa shape index (κ1) is 19.3. The minimum Gasteiger partial charge on any atom is -0.325 e. The first-order valence-corrected chi connectivity index (χ1v) is 11.0. The van der Waals surface area contributed by atoms with Crippen molar-refractivity contribution >= 4 is 44.6 Å². The molecule has 1 aliphatic rings. The van der Waals surface area contributed by atoms with E-state index in [1.54, 1.807) is 29.6 Å². The number of hydrogen-bond acceptors (Lipinski definition) is 5. The van der Waals surface area contributed by atoms with Crippen molar-refractivity contribution in [1.29, 1.82) is 0 Å². The average Bonchev–Trinajstić information content (AvgIpc) is 3.18. The first-order chi connectivity index (χ1) is 12.5. The molecule has 9 heteroatoms. The molecule has 6 nitrogen and oxygen atoms in total. The van der Waals surface area contributed by atoms with Gasteiger partial charge in [0, 0.05) is 39.1 Å². The number of sulfonamides is 1. The monoisotopic (exact) mass is 413 g/mol. The van der Waals surface area contributed by atoms with Crippen LogP contribution in [0.5, 0.6) is 0 Å². The lowest BCUT2D eigenvalue weighted by molar-refractivity contribution is -0.116. The van der Waals surface area contributed by atoms with Crippen molar-refractivity contribution < 1.29 is 13.2 Å². The number of thiophene rings is 1. The van der Waals surface area contributed by atoms with Crippen molar-refractivity contribution in [2.45, 2.75) is 10.6 Å². The number of halogens is 1. The molecule has 1 aliphatic heterocycles. The van der Waals surface area contributed by atoms with Gasteiger partial charge < -0.3 is 10.2 Å². The largest absolute Gasteiger partial charge is 0.325 e. The summed E-state index contributed by atoms with van der Waals surface area (Å²) in [6, 6.07) is 10.5. The van der Waals surface area contributed by atoms with Crippen LogP contribution in [-0.2, 0) is 14.8 Å². The van der Waals surface area contributed by atoms with Gasteiger partial charge in [-0.3, -0.25) is 4.79 Å². The van der Waals surface area contributed by atoms with Gasteiger partial charge in [0.2, 0.25) is 5.91 Å². The molecular weight excluding hydrogens is 394 g/mol. The highest BCUT2D eigenvalue weighted by molar-refractivity contribution is 7.91. The third kappa shape index (κ3) is 4.63. The Morgan fingerprint density at radius 1 is 1.12 bits per heavy atom. The number of nitrogens with one attached hydrogen (secondary N) is 1. The summed E-state index contributed by atoms with van der Waals surface area (Å²) in [6.07, 6.45) is 0.336. The van der Waals surface area contributed by atoms with Crippen molar-refractivity contribution in [3.63, 3.8) is 0 Å². The molecule has 0 atom stereocenters. The number of benzene rings is 1. The van der Waals surface area contributed by atoms with Gasteiger partial charge in [-0.05, 0) is 23.6 Å². The van der Waals surface area contributed by atoms with E-state index in [9.17, 15) is 13.2 Å². The zero-order valence-electron chi connectivity index (χ0n) is 14.1. The Balaban J connectivity index is 1.46. The molecule has 1 N–H and O–H groups in total. The maximum absolute atomic E-state index is 12.5. The molecule has 2 heterocycles. The van der Waals surface area contributed by atoms with E-state index in [1.165, 1.54) is 15.6 Å². The van der Waals surface area contributed by atoms with Crippen molar-refractivity contribution in [1.82, 2.24) is 9.21 Å². The summed E-state index contributed by atoms with van der Waals surface area (Å²) >= 11 is 7.27. The number of amides is 1. The van der Waals surface area contributed by atoms with Gasteiger partial charge in [-0.1, -0.05) is 29.8 Å². The average molecular weight is 414 g/mol. The first-order valence-electron chi connectivity index (χ1n) is 8.27. The molecule has 1 aromatic carbocycles. The zero-order valence-corrected chi connectivity index (χ0v) is 16.5. The fourth-order valence-corrected chi connectivity index (χ4v) is 5.52. The number of para-hydroxylation sites is 1. The Hall–Kier alpha value is -1.45. The van der Waals surface area contributed by atoms with Gasteiger partial charge in [-0.25, -0.2) is 8.42 Å². The standard InChI is InChI=1S/C17H20ClN3O3S2/c18-14-4-1-2-5-15(14)19-16(22)7-8-20-9-11-21(12-10-20)26(23,24)17-6-3-13-25-17/h1-6,13H,7-12H2,(H,19,22). The predicted molar refractivity (Wildman–Crippen MR) is 104 cm³/mol. The molecule has 1 saturated heterocycles. The highest BCUT2D eigenvalue weighted by Crippen LogP contribution is 2.22. The quantitative estimate of drug-likeness (QED) is 0.790. The molecule has 0 saturated carbocycles. The Bertz CT molecular complexity index is 848. The van der Waals surface area contributed by atoms with Gasteiger partial charge in [0.25, 0.3) is 10.0 Å². The van der Waals surface area contributed by atoms with Crippen LogP contribution in [0.15, 0.2) is 46.0 Å². The SMILES string of the molecule is O=C(CCN1CCN(S(=O)(=O)c2cccs2)CC1)Nc1ccccc1Cl. The highest BCUT2D eigenvalue weighted by Gasteiger charge is 2.29. The number of carbonyl (C=O) groups is 1. The third-order valence-electron chi connectivity index (χ3n) is 4.22. The molecule has 140 valence electrons. The van der Waals surface area contributed by atoms with Crippen LogP contribution < -0.4 is 5.32 Å². The lowest BCUT2D eigenvalue weighted by Crippen LogP contribution is -2.48. The summed E-state index contributed by atoms with van der Waals surface area (Å²) in [7, 11) is -3.39. The Morgan fingerprint density at radius 2 is 1.85 bits per heavy atom. The van der Waals surface area contributed by atoms with Crippen LogP contribution in [0.2, 0.25) is 5.02 Å². The van der Waals surface area contributed by atoms with E-state index in [-0.39, 0.29) is 5.91 Å². The molecule has 1 amide bonds. The Labute approximate surface area is 162 Å². The number of anilines is 1. The summed E-state index contributed by atoms with van der Waals surface area (Å²) in [5, 5.41) is 5.07. The number of carbonyl (C=O) groups excluding carboxylic acids is 1. The van der Waals surface area contributed by atoms with E-state index in [4.69, 9.17) is 11.6 Å². The molecule has 3 rings (SSSR count). The third-order valence-corrected chi connectivity index (χ3v) is 7.82. The second-order valence-corrected chi connectivity index (χ2v) is 9.48. The fourth-order valence-electron chi connectivity index (χ4n) is 2.77. The summed E-state index contributed by atoms with van der Waals surface area (Å²) in [5.74, 6) is -0.105. The minimum absolute atomic E-state index is 0.105. The molecular formula is C17H20ClN3O3S2. The molecule has 0 unspecified atom stereocenters. The van der Waals surface area contributed by atoms with Crippen LogP contribution in [0, 0.1) is 0 Å². The predicted octanol–water partition coefficient (Wildman–Crippen LogP) is 2.74. The second kappa shape index (κ2) is 8.49. The molecule has 1 aromatic heterocycles. The molecule has 0 radical (unpaired) electrons. The maximum atomic E-state index is 12.5. The van der Waals surface area contributed by atoms with Crippen LogP contribution in [0.1, 0.15) is 6.42 Å². The van der Waals surface area contributed by atoms with Gasteiger partial charge in [0.1, 0.15) is 4.21 Å². The van der Waals surface area contributed by atoms with E-state index in [0.717, 1.165) is 0 Å². The van der Waals surface area contributed by atoms with Gasteiger partial charge in [0.15, 0.2) is 0 Å². The summed E-state index contributed by atoms with van der Waals surface area (Å²) in [5.41, 5.74) is 0.603. The van der Waals surface area contributed by atoms with Crippen LogP contribution in [0.25, 0.3) is 0 Å². The van der Waals surface area contributed by atoms with Gasteiger partial charge in [0.05, 0.1) is 10.7 Å². The maximum Gasteiger partial charge on any atom is 0.252 e. The van der Waals surface area contributed by atoms with Crippen LogP contribution in [0.4, 0.5) is 5.69 Å². The van der Waals surface area contributed by atoms with Crippen LogP contribution in [0.3, 0.4) is 0 Å². The van der Waals surface area contributed by atoms with E-state index in [0.29, 0.717) is 54.1 Å². The Kier molecular flexibility index (Phi) is 6.31. The van der Waals surface area contributed by atoms with Gasteiger partial charge in [-0.2, -0.15) is 4.31 Å². The fraction of sp³-hybridized carbons (Fsp3) is 0.353. The van der Waals surface area contributed by atoms with Gasteiger partial charge in [-0.15, -0.1) is 11.3 Å². The lowest BCUT2D eigenvalue weighted by atomic mass is 10.3. The van der Waals surface area contributed by atoms with Crippen molar-refractivity contribution in [3.05, 3.63) is 46.8 Å². The molecule has 1 fully saturated rings. The van der Waals surface area contributed by atoms with Gasteiger partial charge >= 0.3 is 0 Å². The highest BCUT2D eigenvalue weighted by atomic mass is 35.5. The van der Waals surface area contributed by atoms with Crippen molar-refractivity contribution in [3.8, 4) is 0 Å². The molecule has 26 heavy (non-hydrogen) atoms. The number of nitrogens with zero attached hydrogens (tertiary/aromatic N) is 2. The molecule has 0 aliphatic carbocycles. The van der Waals surface area contributed by atoms with Crippen molar-refractivity contribution in [2.75, 3.05) is 38.0 Å². The number of piperazine rings is 1. The molecule has 0 bridgehead atoms. The number of rotatable bonds is 6. The topological polar surface area (TPSA) is 69.7 Å². The normalized spacial score (nSPS) is 16.5. The van der Waals surface area contributed by atoms with Crippen LogP contribution >= 0.6 is 22.9 Å². The Morgan fingerprint density at radius 3 is 2.50 bits per heavy atom. The zero-order chi connectivity index (χ0) is 18.6. The van der Waals surface area contributed by atoms with Crippen LogP contribution in [-0.4, -0.2) is 56.3 Å². The minimum atomic E-state index is -3.39. The molecule has 2 aromatic rings. The van der Waals surface area contributed by atoms with E-state index >= 15 is 0 Å². The summed E-state index contributed by atoms with van der Waals surface area (Å²) in [6.45, 7) is 2.69. The molecule has 0 spiro atoms. The van der Waals surface area contributed by atoms with E-state index in [1.807, 2.05) is 12.1 Å². The van der Waals surface area contributed by atoms with E-state index in [2.05, 4.69) is 10.2 Å². The lowest BCUT2D eigenvalue weighted by Gasteiger charge is -2.33. The van der Waals surface area contributed by atoms with Crippen molar-refractivity contribution in [2.24, 2.45) is 0 Å². The summed E-state index contributed by atoms with van der Waals surface area (Å²) in [4.78, 5) is 14.2. The smallest absolute Gasteiger partial charge is 0.252 e. The summed E-state index contributed by atoms with van der Waals surface area (Å²) < 4.78 is 26.9. The van der Waals surface area contributed by atoms with E-state index < -0.39 is 10.0 Å².